The molecule has 210 valence electrons. The summed E-state index contributed by atoms with van der Waals surface area (Å²) in [6, 6.07) is 24.4. The van der Waals surface area contributed by atoms with Gasteiger partial charge in [-0.1, -0.05) is 24.6 Å². The minimum Gasteiger partial charge on any atom is -0.497 e. The summed E-state index contributed by atoms with van der Waals surface area (Å²) in [7, 11) is 1.18. The third kappa shape index (κ3) is 6.25. The molecule has 0 spiro atoms. The number of methoxy groups -OCH3 is 1. The highest BCUT2D eigenvalue weighted by molar-refractivity contribution is 7.89. The fourth-order valence-electron chi connectivity index (χ4n) is 4.96. The molecule has 0 amide bonds. The van der Waals surface area contributed by atoms with E-state index >= 15 is 0 Å². The van der Waals surface area contributed by atoms with Crippen LogP contribution in [0.5, 0.6) is 23.0 Å². The quantitative estimate of drug-likeness (QED) is 0.223. The van der Waals surface area contributed by atoms with Crippen LogP contribution in [-0.4, -0.2) is 65.1 Å². The predicted octanol–water partition coefficient (Wildman–Crippen LogP) is 6.42. The number of benzene rings is 4. The first-order valence-electron chi connectivity index (χ1n) is 13.6. The smallest absolute Gasteiger partial charge is 0.242 e. The van der Waals surface area contributed by atoms with Gasteiger partial charge in [-0.05, 0) is 97.5 Å². The molecule has 0 aliphatic carbocycles. The first kappa shape index (κ1) is 28.0. The van der Waals surface area contributed by atoms with Crippen molar-refractivity contribution in [3.05, 3.63) is 78.9 Å². The average molecular weight is 561 g/mol. The van der Waals surface area contributed by atoms with E-state index in [9.17, 15) is 8.42 Å². The molecule has 4 aromatic carbocycles. The van der Waals surface area contributed by atoms with Crippen LogP contribution in [0.15, 0.2) is 83.8 Å². The Morgan fingerprint density at radius 2 is 1.48 bits per heavy atom. The predicted molar refractivity (Wildman–Crippen MR) is 159 cm³/mol. The first-order chi connectivity index (χ1) is 19.3. The molecule has 1 aliphatic heterocycles. The van der Waals surface area contributed by atoms with Gasteiger partial charge in [-0.3, -0.25) is 4.90 Å². The van der Waals surface area contributed by atoms with E-state index in [0.29, 0.717) is 18.1 Å². The molecule has 0 aromatic heterocycles. The molecule has 7 nitrogen and oxygen atoms in total. The van der Waals surface area contributed by atoms with Gasteiger partial charge in [0.2, 0.25) is 10.0 Å². The van der Waals surface area contributed by atoms with Crippen molar-refractivity contribution in [1.82, 2.24) is 9.21 Å². The van der Waals surface area contributed by atoms with Gasteiger partial charge >= 0.3 is 0 Å². The molecule has 5 rings (SSSR count). The number of ether oxygens (including phenoxy) is 3. The number of piperidine rings is 1. The lowest BCUT2D eigenvalue weighted by Crippen LogP contribution is -2.33. The maximum absolute atomic E-state index is 12.6. The molecule has 40 heavy (non-hydrogen) atoms. The number of nitrogens with zero attached hydrogens (tertiary/aromatic N) is 2. The van der Waals surface area contributed by atoms with Crippen molar-refractivity contribution in [2.45, 2.75) is 24.2 Å². The zero-order valence-electron chi connectivity index (χ0n) is 23.3. The minimum atomic E-state index is -3.52. The molecule has 0 radical (unpaired) electrons. The van der Waals surface area contributed by atoms with E-state index in [0.717, 1.165) is 53.0 Å². The molecule has 0 N–H and O–H groups in total. The van der Waals surface area contributed by atoms with Crippen molar-refractivity contribution in [2.75, 3.05) is 47.4 Å². The summed E-state index contributed by atoms with van der Waals surface area (Å²) in [5.41, 5.74) is 1.71. The van der Waals surface area contributed by atoms with E-state index < -0.39 is 10.0 Å². The SMILES string of the molecule is COc1ccc2c(Oc3ccc(OCCN4CCCCC4)cc3)c(-c3ccc(S(=O)(=O)N(C)C)cc3)ccc2c1. The van der Waals surface area contributed by atoms with Crippen molar-refractivity contribution >= 4 is 20.8 Å². The summed E-state index contributed by atoms with van der Waals surface area (Å²) < 4.78 is 44.3. The fraction of sp³-hybridized carbons (Fsp3) is 0.312. The number of rotatable bonds is 10. The summed E-state index contributed by atoms with van der Waals surface area (Å²) in [6.07, 6.45) is 3.87. The van der Waals surface area contributed by atoms with E-state index in [2.05, 4.69) is 4.90 Å². The Hall–Kier alpha value is -3.59. The maximum Gasteiger partial charge on any atom is 0.242 e. The Balaban J connectivity index is 1.41. The monoisotopic (exact) mass is 560 g/mol. The average Bonchev–Trinajstić information content (AvgIpc) is 2.98. The highest BCUT2D eigenvalue weighted by Gasteiger charge is 2.18. The van der Waals surface area contributed by atoms with Gasteiger partial charge in [0, 0.05) is 31.6 Å². The van der Waals surface area contributed by atoms with E-state index in [1.807, 2.05) is 66.7 Å². The van der Waals surface area contributed by atoms with Gasteiger partial charge in [0.15, 0.2) is 0 Å². The molecule has 0 saturated carbocycles. The molecule has 1 heterocycles. The van der Waals surface area contributed by atoms with Crippen LogP contribution in [0, 0.1) is 0 Å². The van der Waals surface area contributed by atoms with E-state index in [1.165, 1.54) is 37.7 Å². The molecule has 1 fully saturated rings. The normalized spacial score (nSPS) is 14.4. The molecule has 0 atom stereocenters. The topological polar surface area (TPSA) is 68.3 Å². The van der Waals surface area contributed by atoms with Gasteiger partial charge in [0.05, 0.1) is 12.0 Å². The Morgan fingerprint density at radius 1 is 0.800 bits per heavy atom. The largest absolute Gasteiger partial charge is 0.497 e. The van der Waals surface area contributed by atoms with Gasteiger partial charge in [0.1, 0.15) is 29.6 Å². The van der Waals surface area contributed by atoms with Crippen molar-refractivity contribution in [1.29, 1.82) is 0 Å². The summed E-state index contributed by atoms with van der Waals surface area (Å²) in [4.78, 5) is 2.70. The third-order valence-electron chi connectivity index (χ3n) is 7.29. The van der Waals surface area contributed by atoms with Gasteiger partial charge < -0.3 is 14.2 Å². The number of sulfonamides is 1. The molecule has 0 bridgehead atoms. The van der Waals surface area contributed by atoms with Crippen LogP contribution in [0.3, 0.4) is 0 Å². The van der Waals surface area contributed by atoms with Crippen LogP contribution >= 0.6 is 0 Å². The number of likely N-dealkylation sites (tertiary alicyclic amines) is 1. The lowest BCUT2D eigenvalue weighted by Gasteiger charge is -2.26. The number of hydrogen-bond acceptors (Lipinski definition) is 6. The molecule has 1 aliphatic rings. The van der Waals surface area contributed by atoms with Gasteiger partial charge in [-0.15, -0.1) is 0 Å². The lowest BCUT2D eigenvalue weighted by atomic mass is 9.99. The van der Waals surface area contributed by atoms with Gasteiger partial charge in [0.25, 0.3) is 0 Å². The van der Waals surface area contributed by atoms with Crippen LogP contribution in [-0.2, 0) is 10.0 Å². The van der Waals surface area contributed by atoms with E-state index in [-0.39, 0.29) is 4.90 Å². The maximum atomic E-state index is 12.6. The molecule has 0 unspecified atom stereocenters. The van der Waals surface area contributed by atoms with Gasteiger partial charge in [-0.2, -0.15) is 0 Å². The highest BCUT2D eigenvalue weighted by Crippen LogP contribution is 2.41. The Labute approximate surface area is 236 Å². The summed E-state index contributed by atoms with van der Waals surface area (Å²) in [6.45, 7) is 3.91. The zero-order chi connectivity index (χ0) is 28.1. The van der Waals surface area contributed by atoms with E-state index in [4.69, 9.17) is 14.2 Å². The van der Waals surface area contributed by atoms with Gasteiger partial charge in [-0.25, -0.2) is 12.7 Å². The number of fused-ring (bicyclic) bond motifs is 1. The minimum absolute atomic E-state index is 0.241. The lowest BCUT2D eigenvalue weighted by molar-refractivity contribution is 0.183. The van der Waals surface area contributed by atoms with Crippen molar-refractivity contribution in [2.24, 2.45) is 0 Å². The standard InChI is InChI=1S/C32H36N2O5S/c1-33(2)40(35,36)29-15-7-24(8-16-29)30-17-9-25-23-28(37-3)14-18-31(25)32(30)39-27-12-10-26(11-13-27)38-22-21-34-19-5-4-6-20-34/h7-18,23H,4-6,19-22H2,1-3H3. The van der Waals surface area contributed by atoms with Crippen molar-refractivity contribution in [3.8, 4) is 34.1 Å². The zero-order valence-corrected chi connectivity index (χ0v) is 24.1. The molecular weight excluding hydrogens is 524 g/mol. The number of hydrogen-bond donors (Lipinski definition) is 0. The van der Waals surface area contributed by atoms with Crippen LogP contribution in [0.25, 0.3) is 21.9 Å². The van der Waals surface area contributed by atoms with E-state index in [1.54, 1.807) is 19.2 Å². The van der Waals surface area contributed by atoms with Crippen LogP contribution in [0.2, 0.25) is 0 Å². The Bertz CT molecular complexity index is 1550. The molecular formula is C32H36N2O5S. The summed E-state index contributed by atoms with van der Waals surface area (Å²) in [5.74, 6) is 2.93. The fourth-order valence-corrected chi connectivity index (χ4v) is 5.86. The molecule has 4 aromatic rings. The van der Waals surface area contributed by atoms with Crippen LogP contribution in [0.4, 0.5) is 0 Å². The Morgan fingerprint density at radius 3 is 2.15 bits per heavy atom. The van der Waals surface area contributed by atoms with Crippen molar-refractivity contribution in [3.63, 3.8) is 0 Å². The Kier molecular flexibility index (Phi) is 8.59. The third-order valence-corrected chi connectivity index (χ3v) is 9.12. The van der Waals surface area contributed by atoms with Crippen molar-refractivity contribution < 1.29 is 22.6 Å². The summed E-state index contributed by atoms with van der Waals surface area (Å²) in [5, 5.41) is 1.90. The molecule has 1 saturated heterocycles. The second-order valence-corrected chi connectivity index (χ2v) is 12.3. The highest BCUT2D eigenvalue weighted by atomic mass is 32.2. The second-order valence-electron chi connectivity index (χ2n) is 10.2. The van der Waals surface area contributed by atoms with Crippen LogP contribution in [0.1, 0.15) is 19.3 Å². The second kappa shape index (κ2) is 12.3. The summed E-state index contributed by atoms with van der Waals surface area (Å²) >= 11 is 0. The van der Waals surface area contributed by atoms with Crippen LogP contribution < -0.4 is 14.2 Å². The molecule has 8 heteroatoms. The first-order valence-corrected chi connectivity index (χ1v) is 15.1.